The number of hydrogen-bond acceptors (Lipinski definition) is 2. The van der Waals surface area contributed by atoms with Crippen LogP contribution in [-0.2, 0) is 0 Å². The Labute approximate surface area is 106 Å². The van der Waals surface area contributed by atoms with Crippen molar-refractivity contribution in [2.45, 2.75) is 39.7 Å². The zero-order chi connectivity index (χ0) is 12.7. The number of nitrogens with zero attached hydrogens (tertiary/aromatic N) is 1. The monoisotopic (exact) mass is 234 g/mol. The van der Waals surface area contributed by atoms with Gasteiger partial charge in [0.15, 0.2) is 0 Å². The van der Waals surface area contributed by atoms with Crippen molar-refractivity contribution in [2.24, 2.45) is 0 Å². The molecule has 96 valence electrons. The minimum absolute atomic E-state index is 0.601. The lowest BCUT2D eigenvalue weighted by Gasteiger charge is -2.21. The molecule has 0 heterocycles. The molecule has 0 atom stereocenters. The topological polar surface area (TPSA) is 15.3 Å². The first kappa shape index (κ1) is 14.0. The fourth-order valence-electron chi connectivity index (χ4n) is 1.98. The van der Waals surface area contributed by atoms with Gasteiger partial charge in [0.2, 0.25) is 0 Å². The first-order valence-corrected chi connectivity index (χ1v) is 6.61. The third-order valence-electron chi connectivity index (χ3n) is 3.00. The molecule has 0 aliphatic rings. The van der Waals surface area contributed by atoms with Crippen LogP contribution in [0.2, 0.25) is 0 Å². The quantitative estimate of drug-likeness (QED) is 0.729. The van der Waals surface area contributed by atoms with E-state index >= 15 is 0 Å². The maximum absolute atomic E-state index is 3.45. The predicted molar refractivity (Wildman–Crippen MR) is 76.8 cm³/mol. The summed E-state index contributed by atoms with van der Waals surface area (Å²) < 4.78 is 0. The van der Waals surface area contributed by atoms with Crippen LogP contribution in [0.5, 0.6) is 0 Å². The second-order valence-electron chi connectivity index (χ2n) is 5.02. The van der Waals surface area contributed by atoms with Crippen LogP contribution in [0.3, 0.4) is 0 Å². The number of rotatable bonds is 7. The van der Waals surface area contributed by atoms with E-state index in [4.69, 9.17) is 0 Å². The van der Waals surface area contributed by atoms with E-state index in [1.807, 2.05) is 0 Å². The fourth-order valence-corrected chi connectivity index (χ4v) is 1.98. The highest BCUT2D eigenvalue weighted by Crippen LogP contribution is 2.17. The van der Waals surface area contributed by atoms with Crippen LogP contribution in [0, 0.1) is 6.92 Å². The molecule has 1 aromatic rings. The number of nitrogens with one attached hydrogen (secondary N) is 1. The molecule has 1 aromatic carbocycles. The van der Waals surface area contributed by atoms with Gasteiger partial charge in [0, 0.05) is 25.3 Å². The van der Waals surface area contributed by atoms with Crippen LogP contribution in [0.15, 0.2) is 24.3 Å². The van der Waals surface area contributed by atoms with E-state index in [2.05, 4.69) is 62.3 Å². The molecule has 17 heavy (non-hydrogen) atoms. The summed E-state index contributed by atoms with van der Waals surface area (Å²) in [6.45, 7) is 8.81. The van der Waals surface area contributed by atoms with Crippen molar-refractivity contribution in [1.82, 2.24) is 5.32 Å². The van der Waals surface area contributed by atoms with Gasteiger partial charge in [-0.15, -0.1) is 0 Å². The van der Waals surface area contributed by atoms with E-state index in [0.717, 1.165) is 13.1 Å². The summed E-state index contributed by atoms with van der Waals surface area (Å²) in [6, 6.07) is 9.18. The molecule has 0 aliphatic carbocycles. The van der Waals surface area contributed by atoms with Crippen LogP contribution in [0.1, 0.15) is 32.3 Å². The molecule has 0 saturated carbocycles. The van der Waals surface area contributed by atoms with Gasteiger partial charge in [-0.3, -0.25) is 0 Å². The fraction of sp³-hybridized carbons (Fsp3) is 0.600. The molecule has 1 rings (SSSR count). The standard InChI is InChI=1S/C15H26N2/c1-13(2)16-11-7-8-12-17(4)15-10-6-5-9-14(15)3/h5-6,9-10,13,16H,7-8,11-12H2,1-4H3. The van der Waals surface area contributed by atoms with Crippen LogP contribution < -0.4 is 10.2 Å². The Morgan fingerprint density at radius 1 is 1.18 bits per heavy atom. The Morgan fingerprint density at radius 3 is 2.53 bits per heavy atom. The zero-order valence-electron chi connectivity index (χ0n) is 11.7. The molecule has 0 fully saturated rings. The number of unbranched alkanes of at least 4 members (excludes halogenated alkanes) is 1. The van der Waals surface area contributed by atoms with E-state index in [1.165, 1.54) is 24.1 Å². The molecule has 0 aromatic heterocycles. The molecule has 0 aliphatic heterocycles. The van der Waals surface area contributed by atoms with Crippen LogP contribution in [0.25, 0.3) is 0 Å². The van der Waals surface area contributed by atoms with E-state index in [-0.39, 0.29) is 0 Å². The first-order chi connectivity index (χ1) is 8.11. The van der Waals surface area contributed by atoms with Gasteiger partial charge in [0.05, 0.1) is 0 Å². The average molecular weight is 234 g/mol. The lowest BCUT2D eigenvalue weighted by molar-refractivity contribution is 0.557. The molecule has 0 radical (unpaired) electrons. The average Bonchev–Trinajstić information content (AvgIpc) is 2.28. The van der Waals surface area contributed by atoms with Gasteiger partial charge in [-0.05, 0) is 37.9 Å². The maximum Gasteiger partial charge on any atom is 0.0393 e. The summed E-state index contributed by atoms with van der Waals surface area (Å²) in [5.41, 5.74) is 2.71. The summed E-state index contributed by atoms with van der Waals surface area (Å²) in [7, 11) is 2.18. The van der Waals surface area contributed by atoms with Gasteiger partial charge in [-0.2, -0.15) is 0 Å². The molecular weight excluding hydrogens is 208 g/mol. The number of para-hydroxylation sites is 1. The molecule has 2 heteroatoms. The lowest BCUT2D eigenvalue weighted by atomic mass is 10.2. The Balaban J connectivity index is 2.26. The normalized spacial score (nSPS) is 10.9. The zero-order valence-corrected chi connectivity index (χ0v) is 11.7. The van der Waals surface area contributed by atoms with Crippen molar-refractivity contribution in [1.29, 1.82) is 0 Å². The minimum Gasteiger partial charge on any atom is -0.374 e. The predicted octanol–water partition coefficient (Wildman–Crippen LogP) is 3.21. The van der Waals surface area contributed by atoms with Crippen LogP contribution in [0.4, 0.5) is 5.69 Å². The molecule has 0 bridgehead atoms. The van der Waals surface area contributed by atoms with E-state index < -0.39 is 0 Å². The largest absolute Gasteiger partial charge is 0.374 e. The van der Waals surface area contributed by atoms with Crippen molar-refractivity contribution >= 4 is 5.69 Å². The number of benzene rings is 1. The van der Waals surface area contributed by atoms with Gasteiger partial charge in [0.25, 0.3) is 0 Å². The Kier molecular flexibility index (Phi) is 6.06. The van der Waals surface area contributed by atoms with Crippen molar-refractivity contribution in [2.75, 3.05) is 25.0 Å². The number of anilines is 1. The number of aryl methyl sites for hydroxylation is 1. The van der Waals surface area contributed by atoms with E-state index in [1.54, 1.807) is 0 Å². The van der Waals surface area contributed by atoms with Crippen molar-refractivity contribution in [3.8, 4) is 0 Å². The Morgan fingerprint density at radius 2 is 1.88 bits per heavy atom. The molecule has 1 N–H and O–H groups in total. The summed E-state index contributed by atoms with van der Waals surface area (Å²) in [5, 5.41) is 3.45. The minimum atomic E-state index is 0.601. The first-order valence-electron chi connectivity index (χ1n) is 6.61. The molecule has 0 spiro atoms. The van der Waals surface area contributed by atoms with Gasteiger partial charge in [0.1, 0.15) is 0 Å². The third kappa shape index (κ3) is 5.22. The van der Waals surface area contributed by atoms with Crippen molar-refractivity contribution < 1.29 is 0 Å². The van der Waals surface area contributed by atoms with Crippen LogP contribution >= 0.6 is 0 Å². The van der Waals surface area contributed by atoms with Gasteiger partial charge >= 0.3 is 0 Å². The smallest absolute Gasteiger partial charge is 0.0393 e. The highest BCUT2D eigenvalue weighted by atomic mass is 15.1. The van der Waals surface area contributed by atoms with Crippen molar-refractivity contribution in [3.63, 3.8) is 0 Å². The van der Waals surface area contributed by atoms with Gasteiger partial charge in [-0.25, -0.2) is 0 Å². The van der Waals surface area contributed by atoms with Gasteiger partial charge < -0.3 is 10.2 Å². The van der Waals surface area contributed by atoms with Crippen LogP contribution in [-0.4, -0.2) is 26.2 Å². The molecule has 2 nitrogen and oxygen atoms in total. The molecule has 0 unspecified atom stereocenters. The van der Waals surface area contributed by atoms with E-state index in [9.17, 15) is 0 Å². The van der Waals surface area contributed by atoms with Gasteiger partial charge in [-0.1, -0.05) is 32.0 Å². The Hall–Kier alpha value is -1.02. The third-order valence-corrected chi connectivity index (χ3v) is 3.00. The molecule has 0 saturated heterocycles. The maximum atomic E-state index is 3.45. The second-order valence-corrected chi connectivity index (χ2v) is 5.02. The van der Waals surface area contributed by atoms with E-state index in [0.29, 0.717) is 6.04 Å². The summed E-state index contributed by atoms with van der Waals surface area (Å²) in [6.07, 6.45) is 2.49. The Bertz CT molecular complexity index is 320. The lowest BCUT2D eigenvalue weighted by Crippen LogP contribution is -2.25. The molecular formula is C15H26N2. The summed E-state index contributed by atoms with van der Waals surface area (Å²) in [4.78, 5) is 2.35. The summed E-state index contributed by atoms with van der Waals surface area (Å²) >= 11 is 0. The second kappa shape index (κ2) is 7.33. The summed E-state index contributed by atoms with van der Waals surface area (Å²) in [5.74, 6) is 0. The highest BCUT2D eigenvalue weighted by Gasteiger charge is 2.02. The highest BCUT2D eigenvalue weighted by molar-refractivity contribution is 5.52. The SMILES string of the molecule is Cc1ccccc1N(C)CCCCNC(C)C. The van der Waals surface area contributed by atoms with Crippen molar-refractivity contribution in [3.05, 3.63) is 29.8 Å². The molecule has 0 amide bonds. The number of hydrogen-bond donors (Lipinski definition) is 1.